The Bertz CT molecular complexity index is 542. The van der Waals surface area contributed by atoms with E-state index < -0.39 is 5.97 Å². The van der Waals surface area contributed by atoms with E-state index in [1.54, 1.807) is 30.2 Å². The van der Waals surface area contributed by atoms with Gasteiger partial charge in [0.15, 0.2) is 0 Å². The van der Waals surface area contributed by atoms with Crippen molar-refractivity contribution in [3.8, 4) is 0 Å². The molecule has 0 unspecified atom stereocenters. The SMILES string of the molecule is O=C(O)c1cc(SCc2ccncc2Cl)cs1. The quantitative estimate of drug-likeness (QED) is 0.869. The molecule has 0 radical (unpaired) electrons. The van der Waals surface area contributed by atoms with Crippen LogP contribution in [0.1, 0.15) is 15.2 Å². The lowest BCUT2D eigenvalue weighted by Gasteiger charge is -2.01. The zero-order chi connectivity index (χ0) is 12.3. The van der Waals surface area contributed by atoms with Gasteiger partial charge >= 0.3 is 5.97 Å². The van der Waals surface area contributed by atoms with Gasteiger partial charge in [0.05, 0.1) is 5.02 Å². The van der Waals surface area contributed by atoms with Gasteiger partial charge in [0, 0.05) is 28.4 Å². The van der Waals surface area contributed by atoms with E-state index in [1.807, 2.05) is 11.4 Å². The number of aromatic carboxylic acids is 1. The molecular weight excluding hydrogens is 278 g/mol. The van der Waals surface area contributed by atoms with Gasteiger partial charge in [0.2, 0.25) is 0 Å². The number of thiophene rings is 1. The van der Waals surface area contributed by atoms with Gasteiger partial charge in [0.25, 0.3) is 0 Å². The standard InChI is InChI=1S/C11H8ClNO2S2/c12-9-4-13-2-1-7(9)5-16-8-3-10(11(14)15)17-6-8/h1-4,6H,5H2,(H,14,15). The summed E-state index contributed by atoms with van der Waals surface area (Å²) in [7, 11) is 0. The van der Waals surface area contributed by atoms with Crippen LogP contribution in [0.2, 0.25) is 5.02 Å². The molecule has 6 heteroatoms. The van der Waals surface area contributed by atoms with Gasteiger partial charge in [-0.2, -0.15) is 0 Å². The largest absolute Gasteiger partial charge is 0.477 e. The van der Waals surface area contributed by atoms with Crippen molar-refractivity contribution in [2.45, 2.75) is 10.6 Å². The first-order valence-corrected chi connectivity index (χ1v) is 6.94. The highest BCUT2D eigenvalue weighted by Crippen LogP contribution is 2.29. The van der Waals surface area contributed by atoms with Gasteiger partial charge in [-0.05, 0) is 17.7 Å². The molecular formula is C11H8ClNO2S2. The summed E-state index contributed by atoms with van der Waals surface area (Å²) in [4.78, 5) is 15.9. The van der Waals surface area contributed by atoms with E-state index in [0.29, 0.717) is 15.7 Å². The van der Waals surface area contributed by atoms with Crippen molar-refractivity contribution in [1.82, 2.24) is 4.98 Å². The first-order chi connectivity index (χ1) is 8.16. The van der Waals surface area contributed by atoms with Crippen LogP contribution in [-0.4, -0.2) is 16.1 Å². The molecule has 88 valence electrons. The number of carboxylic acids is 1. The second-order valence-electron chi connectivity index (χ2n) is 3.21. The minimum atomic E-state index is -0.885. The number of pyridine rings is 1. The van der Waals surface area contributed by atoms with Crippen molar-refractivity contribution in [3.63, 3.8) is 0 Å². The summed E-state index contributed by atoms with van der Waals surface area (Å²) in [6.07, 6.45) is 3.30. The molecule has 0 saturated carbocycles. The highest BCUT2D eigenvalue weighted by molar-refractivity contribution is 7.98. The van der Waals surface area contributed by atoms with Crippen molar-refractivity contribution < 1.29 is 9.90 Å². The molecule has 0 bridgehead atoms. The van der Waals surface area contributed by atoms with E-state index in [0.717, 1.165) is 10.5 Å². The van der Waals surface area contributed by atoms with Crippen LogP contribution in [0.4, 0.5) is 0 Å². The van der Waals surface area contributed by atoms with Gasteiger partial charge < -0.3 is 5.11 Å². The molecule has 0 aromatic carbocycles. The van der Waals surface area contributed by atoms with Crippen LogP contribution in [-0.2, 0) is 5.75 Å². The summed E-state index contributed by atoms with van der Waals surface area (Å²) < 4.78 is 0. The van der Waals surface area contributed by atoms with Crippen LogP contribution in [0.25, 0.3) is 0 Å². The van der Waals surface area contributed by atoms with E-state index in [4.69, 9.17) is 16.7 Å². The molecule has 0 spiro atoms. The maximum Gasteiger partial charge on any atom is 0.345 e. The second kappa shape index (κ2) is 5.53. The molecule has 17 heavy (non-hydrogen) atoms. The first kappa shape index (κ1) is 12.4. The number of hydrogen-bond donors (Lipinski definition) is 1. The number of carboxylic acid groups (broad SMARTS) is 1. The summed E-state index contributed by atoms with van der Waals surface area (Å²) in [5.41, 5.74) is 0.995. The summed E-state index contributed by atoms with van der Waals surface area (Å²) in [6, 6.07) is 3.53. The van der Waals surface area contributed by atoms with Crippen molar-refractivity contribution >= 4 is 40.7 Å². The predicted molar refractivity (Wildman–Crippen MR) is 70.1 cm³/mol. The van der Waals surface area contributed by atoms with Crippen molar-refractivity contribution in [1.29, 1.82) is 0 Å². The second-order valence-corrected chi connectivity index (χ2v) is 5.57. The molecule has 3 nitrogen and oxygen atoms in total. The summed E-state index contributed by atoms with van der Waals surface area (Å²) in [6.45, 7) is 0. The van der Waals surface area contributed by atoms with Crippen LogP contribution < -0.4 is 0 Å². The van der Waals surface area contributed by atoms with Gasteiger partial charge in [-0.1, -0.05) is 11.6 Å². The molecule has 2 aromatic rings. The Morgan fingerprint density at radius 2 is 2.41 bits per heavy atom. The lowest BCUT2D eigenvalue weighted by molar-refractivity contribution is 0.0702. The number of hydrogen-bond acceptors (Lipinski definition) is 4. The minimum absolute atomic E-state index is 0.355. The normalized spacial score (nSPS) is 10.4. The zero-order valence-corrected chi connectivity index (χ0v) is 11.0. The molecule has 0 aliphatic heterocycles. The molecule has 0 fully saturated rings. The van der Waals surface area contributed by atoms with Crippen molar-refractivity contribution in [3.05, 3.63) is 45.4 Å². The van der Waals surface area contributed by atoms with Gasteiger partial charge in [-0.25, -0.2) is 4.79 Å². The number of thioether (sulfide) groups is 1. The first-order valence-electron chi connectivity index (χ1n) is 4.70. The van der Waals surface area contributed by atoms with Crippen molar-refractivity contribution in [2.75, 3.05) is 0 Å². The monoisotopic (exact) mass is 285 g/mol. The summed E-state index contributed by atoms with van der Waals surface area (Å²) in [5, 5.41) is 11.3. The third kappa shape index (κ3) is 3.21. The van der Waals surface area contributed by atoms with Crippen LogP contribution in [0, 0.1) is 0 Å². The maximum atomic E-state index is 10.7. The summed E-state index contributed by atoms with van der Waals surface area (Å²) >= 11 is 8.77. The Balaban J connectivity index is 2.02. The average Bonchev–Trinajstić information content (AvgIpc) is 2.77. The smallest absolute Gasteiger partial charge is 0.345 e. The molecule has 0 aliphatic rings. The van der Waals surface area contributed by atoms with E-state index in [1.165, 1.54) is 11.3 Å². The Kier molecular flexibility index (Phi) is 4.04. The molecule has 0 saturated heterocycles. The van der Waals surface area contributed by atoms with E-state index >= 15 is 0 Å². The highest BCUT2D eigenvalue weighted by Gasteiger charge is 2.08. The molecule has 1 N–H and O–H groups in total. The van der Waals surface area contributed by atoms with E-state index in [-0.39, 0.29) is 0 Å². The number of rotatable bonds is 4. The fraction of sp³-hybridized carbons (Fsp3) is 0.0909. The predicted octanol–water partition coefficient (Wildman–Crippen LogP) is 3.79. The van der Waals surface area contributed by atoms with Gasteiger partial charge in [-0.3, -0.25) is 4.98 Å². The molecule has 0 atom stereocenters. The summed E-state index contributed by atoms with van der Waals surface area (Å²) in [5.74, 6) is -0.180. The zero-order valence-electron chi connectivity index (χ0n) is 8.59. The Morgan fingerprint density at radius 3 is 3.06 bits per heavy atom. The number of halogens is 1. The molecule has 0 amide bonds. The Hall–Kier alpha value is -1.04. The van der Waals surface area contributed by atoms with Crippen LogP contribution >= 0.6 is 34.7 Å². The fourth-order valence-corrected chi connectivity index (χ4v) is 3.33. The lowest BCUT2D eigenvalue weighted by atomic mass is 10.3. The minimum Gasteiger partial charge on any atom is -0.477 e. The lowest BCUT2D eigenvalue weighted by Crippen LogP contribution is -1.89. The third-order valence-corrected chi connectivity index (χ3v) is 4.47. The average molecular weight is 286 g/mol. The highest BCUT2D eigenvalue weighted by atomic mass is 35.5. The number of aromatic nitrogens is 1. The topological polar surface area (TPSA) is 50.2 Å². The fourth-order valence-electron chi connectivity index (χ4n) is 1.19. The maximum absolute atomic E-state index is 10.7. The van der Waals surface area contributed by atoms with Crippen LogP contribution in [0.3, 0.4) is 0 Å². The molecule has 2 heterocycles. The van der Waals surface area contributed by atoms with Gasteiger partial charge in [-0.15, -0.1) is 23.1 Å². The van der Waals surface area contributed by atoms with Crippen molar-refractivity contribution in [2.24, 2.45) is 0 Å². The Morgan fingerprint density at radius 1 is 1.59 bits per heavy atom. The number of nitrogens with zero attached hydrogens (tertiary/aromatic N) is 1. The van der Waals surface area contributed by atoms with E-state index in [2.05, 4.69) is 4.98 Å². The Labute approximate surface area is 111 Å². The molecule has 0 aliphatic carbocycles. The van der Waals surface area contributed by atoms with Crippen LogP contribution in [0.5, 0.6) is 0 Å². The third-order valence-electron chi connectivity index (χ3n) is 2.04. The molecule has 2 aromatic heterocycles. The molecule has 2 rings (SSSR count). The number of carbonyl (C=O) groups is 1. The van der Waals surface area contributed by atoms with Crippen LogP contribution in [0.15, 0.2) is 34.8 Å². The van der Waals surface area contributed by atoms with Gasteiger partial charge in [0.1, 0.15) is 4.88 Å². The van der Waals surface area contributed by atoms with E-state index in [9.17, 15) is 4.79 Å².